The van der Waals surface area contributed by atoms with E-state index in [9.17, 15) is 4.79 Å². The van der Waals surface area contributed by atoms with E-state index in [4.69, 9.17) is 5.11 Å². The molecule has 0 amide bonds. The lowest BCUT2D eigenvalue weighted by Gasteiger charge is -2.42. The van der Waals surface area contributed by atoms with Gasteiger partial charge in [0.1, 0.15) is 0 Å². The third kappa shape index (κ3) is 2.57. The van der Waals surface area contributed by atoms with Crippen LogP contribution in [0.15, 0.2) is 0 Å². The van der Waals surface area contributed by atoms with Crippen LogP contribution in [0.5, 0.6) is 0 Å². The van der Waals surface area contributed by atoms with Crippen LogP contribution < -0.4 is 0 Å². The predicted octanol–water partition coefficient (Wildman–Crippen LogP) is 2.50. The fraction of sp³-hybridized carbons (Fsp3) is 0.923. The van der Waals surface area contributed by atoms with Crippen molar-refractivity contribution < 1.29 is 9.90 Å². The molecular weight excluding hydrogens is 202 g/mol. The van der Waals surface area contributed by atoms with Crippen LogP contribution >= 0.6 is 0 Å². The van der Waals surface area contributed by atoms with Crippen molar-refractivity contribution in [1.29, 1.82) is 0 Å². The highest BCUT2D eigenvalue weighted by Crippen LogP contribution is 2.31. The molecule has 0 aromatic rings. The molecule has 16 heavy (non-hydrogen) atoms. The Kier molecular flexibility index (Phi) is 3.85. The number of nitrogens with zero attached hydrogens (tertiary/aromatic N) is 1. The smallest absolute Gasteiger partial charge is 0.306 e. The molecule has 0 spiro atoms. The first-order valence-electron chi connectivity index (χ1n) is 6.67. The van der Waals surface area contributed by atoms with Crippen LogP contribution in [0.3, 0.4) is 0 Å². The average molecular weight is 225 g/mol. The number of piperidine rings is 1. The second-order valence-electron chi connectivity index (χ2n) is 5.43. The van der Waals surface area contributed by atoms with Gasteiger partial charge in [0.15, 0.2) is 0 Å². The maximum atomic E-state index is 10.9. The van der Waals surface area contributed by atoms with E-state index in [1.54, 1.807) is 0 Å². The molecule has 0 bridgehead atoms. The Morgan fingerprint density at radius 3 is 2.38 bits per heavy atom. The molecule has 1 atom stereocenters. The minimum atomic E-state index is -0.592. The fourth-order valence-corrected chi connectivity index (χ4v) is 3.32. The van der Waals surface area contributed by atoms with Gasteiger partial charge in [0.2, 0.25) is 0 Å². The molecule has 3 heteroatoms. The van der Waals surface area contributed by atoms with Gasteiger partial charge in [-0.25, -0.2) is 0 Å². The first kappa shape index (κ1) is 11.9. The fourth-order valence-electron chi connectivity index (χ4n) is 3.32. The normalized spacial score (nSPS) is 37.2. The maximum Gasteiger partial charge on any atom is 0.306 e. The molecule has 1 heterocycles. The number of likely N-dealkylation sites (tertiary alicyclic amines) is 1. The van der Waals surface area contributed by atoms with Gasteiger partial charge in [0.25, 0.3) is 0 Å². The Morgan fingerprint density at radius 2 is 1.81 bits per heavy atom. The number of carboxylic acids is 1. The summed E-state index contributed by atoms with van der Waals surface area (Å²) < 4.78 is 0. The van der Waals surface area contributed by atoms with E-state index in [2.05, 4.69) is 11.8 Å². The van der Waals surface area contributed by atoms with Gasteiger partial charge in [-0.3, -0.25) is 9.69 Å². The molecule has 1 saturated carbocycles. The van der Waals surface area contributed by atoms with Gasteiger partial charge in [0.05, 0.1) is 5.92 Å². The lowest BCUT2D eigenvalue weighted by molar-refractivity contribution is -0.143. The maximum absolute atomic E-state index is 10.9. The van der Waals surface area contributed by atoms with E-state index >= 15 is 0 Å². The van der Waals surface area contributed by atoms with E-state index in [-0.39, 0.29) is 5.92 Å². The second kappa shape index (κ2) is 5.17. The van der Waals surface area contributed by atoms with E-state index in [1.165, 1.54) is 25.8 Å². The Hall–Kier alpha value is -0.570. The first-order chi connectivity index (χ1) is 7.68. The summed E-state index contributed by atoms with van der Waals surface area (Å²) in [6.45, 7) is 3.55. The van der Waals surface area contributed by atoms with Crippen molar-refractivity contribution in [1.82, 2.24) is 4.90 Å². The Labute approximate surface area is 97.8 Å². The zero-order valence-corrected chi connectivity index (χ0v) is 10.2. The van der Waals surface area contributed by atoms with Crippen LogP contribution in [-0.2, 0) is 4.79 Å². The minimum absolute atomic E-state index is 0.0728. The lowest BCUT2D eigenvalue weighted by Crippen LogP contribution is -2.46. The molecule has 1 aliphatic heterocycles. The van der Waals surface area contributed by atoms with Crippen LogP contribution in [0.1, 0.15) is 51.9 Å². The number of hydrogen-bond acceptors (Lipinski definition) is 2. The van der Waals surface area contributed by atoms with Gasteiger partial charge in [-0.2, -0.15) is 0 Å². The molecule has 0 unspecified atom stereocenters. The third-order valence-corrected chi connectivity index (χ3v) is 4.37. The summed E-state index contributed by atoms with van der Waals surface area (Å²) >= 11 is 0. The molecule has 2 aliphatic rings. The summed E-state index contributed by atoms with van der Waals surface area (Å²) in [5, 5.41) is 8.97. The van der Waals surface area contributed by atoms with Crippen molar-refractivity contribution in [2.75, 3.05) is 6.54 Å². The molecule has 0 aromatic heterocycles. The van der Waals surface area contributed by atoms with Gasteiger partial charge in [-0.15, -0.1) is 0 Å². The summed E-state index contributed by atoms with van der Waals surface area (Å²) in [6.07, 6.45) is 7.93. The number of carbonyl (C=O) groups is 1. The van der Waals surface area contributed by atoms with Crippen molar-refractivity contribution in [2.24, 2.45) is 5.92 Å². The van der Waals surface area contributed by atoms with Gasteiger partial charge in [-0.05, 0) is 52.0 Å². The third-order valence-electron chi connectivity index (χ3n) is 4.37. The lowest BCUT2D eigenvalue weighted by atomic mass is 9.84. The molecular formula is C13H23NO2. The molecule has 3 nitrogen and oxygen atoms in total. The molecule has 1 N–H and O–H groups in total. The van der Waals surface area contributed by atoms with Crippen molar-refractivity contribution in [2.45, 2.75) is 64.0 Å². The SMILES string of the molecule is C[C@@H]1CCCCN1C1CCC(C(=O)O)CC1. The highest BCUT2D eigenvalue weighted by atomic mass is 16.4. The monoisotopic (exact) mass is 225 g/mol. The Morgan fingerprint density at radius 1 is 1.12 bits per heavy atom. The Balaban J connectivity index is 1.85. The van der Waals surface area contributed by atoms with Gasteiger partial charge >= 0.3 is 5.97 Å². The molecule has 92 valence electrons. The standard InChI is InChI=1S/C13H23NO2/c1-10-4-2-3-9-14(10)12-7-5-11(6-8-12)13(15)16/h10-12H,2-9H2,1H3,(H,15,16)/t10-,11?,12?/m1/s1. The number of aliphatic carboxylic acids is 1. The topological polar surface area (TPSA) is 40.5 Å². The van der Waals surface area contributed by atoms with Crippen LogP contribution in [0, 0.1) is 5.92 Å². The van der Waals surface area contributed by atoms with Gasteiger partial charge in [-0.1, -0.05) is 6.42 Å². The number of rotatable bonds is 2. The van der Waals surface area contributed by atoms with Gasteiger partial charge < -0.3 is 5.11 Å². The van der Waals surface area contributed by atoms with Crippen LogP contribution in [0.4, 0.5) is 0 Å². The van der Waals surface area contributed by atoms with E-state index in [0.29, 0.717) is 12.1 Å². The summed E-state index contributed by atoms with van der Waals surface area (Å²) in [5.74, 6) is -0.665. The van der Waals surface area contributed by atoms with Crippen LogP contribution in [-0.4, -0.2) is 34.6 Å². The molecule has 2 rings (SSSR count). The van der Waals surface area contributed by atoms with Crippen molar-refractivity contribution >= 4 is 5.97 Å². The largest absolute Gasteiger partial charge is 0.481 e. The summed E-state index contributed by atoms with van der Waals surface area (Å²) in [4.78, 5) is 13.5. The van der Waals surface area contributed by atoms with Crippen molar-refractivity contribution in [3.8, 4) is 0 Å². The zero-order valence-electron chi connectivity index (χ0n) is 10.2. The van der Waals surface area contributed by atoms with Crippen LogP contribution in [0.25, 0.3) is 0 Å². The summed E-state index contributed by atoms with van der Waals surface area (Å²) in [5.41, 5.74) is 0. The molecule has 0 aromatic carbocycles. The Bertz CT molecular complexity index is 246. The first-order valence-corrected chi connectivity index (χ1v) is 6.67. The van der Waals surface area contributed by atoms with Crippen LogP contribution in [0.2, 0.25) is 0 Å². The van der Waals surface area contributed by atoms with E-state index in [1.807, 2.05) is 0 Å². The van der Waals surface area contributed by atoms with Crippen molar-refractivity contribution in [3.05, 3.63) is 0 Å². The van der Waals surface area contributed by atoms with Crippen molar-refractivity contribution in [3.63, 3.8) is 0 Å². The van der Waals surface area contributed by atoms with Gasteiger partial charge in [0, 0.05) is 12.1 Å². The number of carboxylic acid groups (broad SMARTS) is 1. The summed E-state index contributed by atoms with van der Waals surface area (Å²) in [6, 6.07) is 1.37. The predicted molar refractivity (Wildman–Crippen MR) is 63.4 cm³/mol. The highest BCUT2D eigenvalue weighted by molar-refractivity contribution is 5.70. The van der Waals surface area contributed by atoms with E-state index in [0.717, 1.165) is 25.7 Å². The number of hydrogen-bond donors (Lipinski definition) is 1. The zero-order chi connectivity index (χ0) is 11.5. The molecule has 0 radical (unpaired) electrons. The molecule has 2 fully saturated rings. The summed E-state index contributed by atoms with van der Waals surface area (Å²) in [7, 11) is 0. The molecule has 1 aliphatic carbocycles. The molecule has 1 saturated heterocycles. The average Bonchev–Trinajstić information content (AvgIpc) is 2.30. The quantitative estimate of drug-likeness (QED) is 0.785. The highest BCUT2D eigenvalue weighted by Gasteiger charge is 2.31. The minimum Gasteiger partial charge on any atom is -0.481 e. The second-order valence-corrected chi connectivity index (χ2v) is 5.43. The van der Waals surface area contributed by atoms with E-state index < -0.39 is 5.97 Å².